The van der Waals surface area contributed by atoms with Gasteiger partial charge in [0.25, 0.3) is 0 Å². The van der Waals surface area contributed by atoms with E-state index in [1.807, 2.05) is 0 Å². The molecule has 3 nitrogen and oxygen atoms in total. The maximum atomic E-state index is 6.12. The predicted molar refractivity (Wildman–Crippen MR) is 73.8 cm³/mol. The van der Waals surface area contributed by atoms with Crippen LogP contribution in [0.4, 0.5) is 0 Å². The van der Waals surface area contributed by atoms with Crippen LogP contribution in [-0.2, 0) is 9.47 Å². The van der Waals surface area contributed by atoms with Crippen molar-refractivity contribution in [1.29, 1.82) is 0 Å². The van der Waals surface area contributed by atoms with Gasteiger partial charge in [0.1, 0.15) is 0 Å². The zero-order valence-corrected chi connectivity index (χ0v) is 12.0. The molecule has 2 rings (SSSR count). The minimum Gasteiger partial charge on any atom is -0.380 e. The maximum Gasteiger partial charge on any atom is 0.0685 e. The van der Waals surface area contributed by atoms with Crippen molar-refractivity contribution in [3.63, 3.8) is 0 Å². The summed E-state index contributed by atoms with van der Waals surface area (Å²) in [5, 5.41) is 3.61. The Kier molecular flexibility index (Phi) is 5.46. The number of nitrogens with one attached hydrogen (secondary N) is 1. The summed E-state index contributed by atoms with van der Waals surface area (Å²) in [7, 11) is 0. The summed E-state index contributed by atoms with van der Waals surface area (Å²) < 4.78 is 11.8. The first-order chi connectivity index (χ1) is 8.79. The Hall–Kier alpha value is -0.120. The van der Waals surface area contributed by atoms with Gasteiger partial charge in [-0.3, -0.25) is 0 Å². The van der Waals surface area contributed by atoms with Gasteiger partial charge in [0, 0.05) is 19.3 Å². The molecule has 106 valence electrons. The van der Waals surface area contributed by atoms with Crippen LogP contribution in [0.3, 0.4) is 0 Å². The molecule has 0 aromatic carbocycles. The summed E-state index contributed by atoms with van der Waals surface area (Å²) >= 11 is 0. The first-order valence-electron chi connectivity index (χ1n) is 7.75. The quantitative estimate of drug-likeness (QED) is 0.791. The van der Waals surface area contributed by atoms with Crippen LogP contribution in [0.5, 0.6) is 0 Å². The molecule has 1 aliphatic carbocycles. The van der Waals surface area contributed by atoms with Crippen LogP contribution in [0, 0.1) is 5.92 Å². The first-order valence-corrected chi connectivity index (χ1v) is 7.75. The van der Waals surface area contributed by atoms with E-state index in [1.165, 1.54) is 38.5 Å². The number of ether oxygens (including phenoxy) is 2. The smallest absolute Gasteiger partial charge is 0.0685 e. The topological polar surface area (TPSA) is 30.5 Å². The molecule has 2 fully saturated rings. The molecule has 18 heavy (non-hydrogen) atoms. The van der Waals surface area contributed by atoms with Crippen molar-refractivity contribution in [2.24, 2.45) is 5.92 Å². The highest BCUT2D eigenvalue weighted by atomic mass is 16.5. The Morgan fingerprint density at radius 1 is 1.33 bits per heavy atom. The van der Waals surface area contributed by atoms with Crippen molar-refractivity contribution in [3.8, 4) is 0 Å². The average molecular weight is 255 g/mol. The van der Waals surface area contributed by atoms with Crippen LogP contribution in [0.15, 0.2) is 0 Å². The largest absolute Gasteiger partial charge is 0.380 e. The highest BCUT2D eigenvalue weighted by molar-refractivity contribution is 4.94. The van der Waals surface area contributed by atoms with Gasteiger partial charge in [-0.1, -0.05) is 19.8 Å². The summed E-state index contributed by atoms with van der Waals surface area (Å²) in [6.45, 7) is 7.90. The van der Waals surface area contributed by atoms with Gasteiger partial charge in [0.15, 0.2) is 0 Å². The van der Waals surface area contributed by atoms with E-state index in [0.717, 1.165) is 32.3 Å². The molecule has 1 aliphatic heterocycles. The van der Waals surface area contributed by atoms with Gasteiger partial charge >= 0.3 is 0 Å². The van der Waals surface area contributed by atoms with E-state index in [0.29, 0.717) is 6.04 Å². The lowest BCUT2D eigenvalue weighted by Crippen LogP contribution is -2.47. The Labute approximate surface area is 112 Å². The Bertz CT molecular complexity index is 239. The Balaban J connectivity index is 1.91. The third-order valence-corrected chi connectivity index (χ3v) is 4.58. The van der Waals surface area contributed by atoms with Crippen molar-refractivity contribution in [1.82, 2.24) is 5.32 Å². The summed E-state index contributed by atoms with van der Waals surface area (Å²) in [4.78, 5) is 0. The van der Waals surface area contributed by atoms with Crippen LogP contribution in [0.1, 0.15) is 52.4 Å². The minimum atomic E-state index is 0.225. The fourth-order valence-corrected chi connectivity index (χ4v) is 3.65. The van der Waals surface area contributed by atoms with E-state index in [9.17, 15) is 0 Å². The van der Waals surface area contributed by atoms with Crippen molar-refractivity contribution < 1.29 is 9.47 Å². The zero-order chi connectivity index (χ0) is 12.8. The van der Waals surface area contributed by atoms with Gasteiger partial charge in [-0.05, 0) is 45.1 Å². The lowest BCUT2D eigenvalue weighted by molar-refractivity contribution is -0.101. The number of likely N-dealkylation sites (N-methyl/N-ethyl adjacent to an activating group) is 1. The molecule has 0 aromatic heterocycles. The lowest BCUT2D eigenvalue weighted by Gasteiger charge is -2.41. The van der Waals surface area contributed by atoms with Crippen molar-refractivity contribution in [2.75, 3.05) is 26.4 Å². The van der Waals surface area contributed by atoms with Gasteiger partial charge in [0.05, 0.1) is 12.2 Å². The molecule has 1 saturated heterocycles. The fourth-order valence-electron chi connectivity index (χ4n) is 3.65. The molecule has 1 saturated carbocycles. The molecule has 3 heteroatoms. The number of hydrogen-bond acceptors (Lipinski definition) is 3. The third-order valence-electron chi connectivity index (χ3n) is 4.58. The molecule has 1 heterocycles. The minimum absolute atomic E-state index is 0.225. The van der Waals surface area contributed by atoms with E-state index < -0.39 is 0 Å². The van der Waals surface area contributed by atoms with Gasteiger partial charge in [-0.25, -0.2) is 0 Å². The van der Waals surface area contributed by atoms with E-state index >= 15 is 0 Å². The van der Waals surface area contributed by atoms with E-state index in [1.54, 1.807) is 0 Å². The standard InChI is InChI=1S/C15H29NO2/c1-3-16-14(12-17-4-2)13-7-10-18-15(11-13)8-5-6-9-15/h13-14,16H,3-12H2,1-2H3. The first kappa shape index (κ1) is 14.3. The monoisotopic (exact) mass is 255 g/mol. The van der Waals surface area contributed by atoms with Crippen molar-refractivity contribution in [3.05, 3.63) is 0 Å². The summed E-state index contributed by atoms with van der Waals surface area (Å²) in [6, 6.07) is 0.510. The zero-order valence-electron chi connectivity index (χ0n) is 12.0. The van der Waals surface area contributed by atoms with Crippen LogP contribution in [0.25, 0.3) is 0 Å². The molecular formula is C15H29NO2. The van der Waals surface area contributed by atoms with Gasteiger partial charge in [-0.2, -0.15) is 0 Å². The Morgan fingerprint density at radius 2 is 2.11 bits per heavy atom. The predicted octanol–water partition coefficient (Wildman–Crippen LogP) is 2.74. The molecule has 2 unspecified atom stereocenters. The molecule has 1 N–H and O–H groups in total. The molecular weight excluding hydrogens is 226 g/mol. The van der Waals surface area contributed by atoms with E-state index in [2.05, 4.69) is 19.2 Å². The molecule has 0 bridgehead atoms. The Morgan fingerprint density at radius 3 is 2.78 bits per heavy atom. The summed E-state index contributed by atoms with van der Waals surface area (Å²) in [5.41, 5.74) is 0.225. The molecule has 0 amide bonds. The van der Waals surface area contributed by atoms with Gasteiger partial charge in [0.2, 0.25) is 0 Å². The average Bonchev–Trinajstić information content (AvgIpc) is 2.82. The third kappa shape index (κ3) is 3.46. The highest BCUT2D eigenvalue weighted by Crippen LogP contribution is 2.42. The SMILES string of the molecule is CCNC(COCC)C1CCOC2(CCCC2)C1. The normalized spacial score (nSPS) is 28.7. The molecule has 0 aromatic rings. The van der Waals surface area contributed by atoms with Gasteiger partial charge < -0.3 is 14.8 Å². The maximum absolute atomic E-state index is 6.12. The highest BCUT2D eigenvalue weighted by Gasteiger charge is 2.41. The van der Waals surface area contributed by atoms with Crippen molar-refractivity contribution >= 4 is 0 Å². The number of rotatable bonds is 6. The van der Waals surface area contributed by atoms with E-state index in [4.69, 9.17) is 9.47 Å². The molecule has 0 radical (unpaired) electrons. The second-order valence-corrected chi connectivity index (χ2v) is 5.82. The van der Waals surface area contributed by atoms with Gasteiger partial charge in [-0.15, -0.1) is 0 Å². The van der Waals surface area contributed by atoms with Crippen LogP contribution in [-0.4, -0.2) is 38.0 Å². The second-order valence-electron chi connectivity index (χ2n) is 5.82. The van der Waals surface area contributed by atoms with Crippen LogP contribution >= 0.6 is 0 Å². The molecule has 1 spiro atoms. The molecule has 2 aliphatic rings. The molecule has 2 atom stereocenters. The van der Waals surface area contributed by atoms with Crippen molar-refractivity contribution in [2.45, 2.75) is 64.0 Å². The second kappa shape index (κ2) is 6.88. The summed E-state index contributed by atoms with van der Waals surface area (Å²) in [6.07, 6.45) is 7.67. The fraction of sp³-hybridized carbons (Fsp3) is 1.00. The van der Waals surface area contributed by atoms with E-state index in [-0.39, 0.29) is 5.60 Å². The summed E-state index contributed by atoms with van der Waals surface area (Å²) in [5.74, 6) is 0.725. The van der Waals surface area contributed by atoms with Crippen LogP contribution in [0.2, 0.25) is 0 Å². The lowest BCUT2D eigenvalue weighted by atomic mass is 9.81. The number of hydrogen-bond donors (Lipinski definition) is 1. The van der Waals surface area contributed by atoms with Crippen LogP contribution < -0.4 is 5.32 Å².